The van der Waals surface area contributed by atoms with Crippen LogP contribution in [0.1, 0.15) is 18.6 Å². The van der Waals surface area contributed by atoms with Gasteiger partial charge >= 0.3 is 0 Å². The van der Waals surface area contributed by atoms with E-state index in [0.29, 0.717) is 6.54 Å². The second-order valence-electron chi connectivity index (χ2n) is 4.80. The summed E-state index contributed by atoms with van der Waals surface area (Å²) in [5.41, 5.74) is 0.786. The Morgan fingerprint density at radius 2 is 1.67 bits per heavy atom. The van der Waals surface area contributed by atoms with Gasteiger partial charge in [0.15, 0.2) is 0 Å². The third-order valence-electron chi connectivity index (χ3n) is 3.60. The van der Waals surface area contributed by atoms with E-state index in [1.165, 1.54) is 12.1 Å². The van der Waals surface area contributed by atoms with Crippen molar-refractivity contribution in [3.63, 3.8) is 0 Å². The maximum absolute atomic E-state index is 12.8. The van der Waals surface area contributed by atoms with Crippen LogP contribution in [-0.2, 0) is 0 Å². The number of aliphatic hydroxyl groups excluding tert-OH is 1. The fourth-order valence-electron chi connectivity index (χ4n) is 2.32. The van der Waals surface area contributed by atoms with Gasteiger partial charge in [0, 0.05) is 32.7 Å². The summed E-state index contributed by atoms with van der Waals surface area (Å²) in [7, 11) is 0. The monoisotopic (exact) mass is 252 g/mol. The Morgan fingerprint density at radius 3 is 2.22 bits per heavy atom. The molecule has 0 saturated carbocycles. The molecule has 1 atom stereocenters. The Hall–Kier alpha value is -0.970. The molecule has 0 spiro atoms. The molecule has 0 aliphatic carbocycles. The van der Waals surface area contributed by atoms with Gasteiger partial charge in [0.2, 0.25) is 0 Å². The molecule has 1 aliphatic rings. The molecule has 1 aromatic rings. The molecule has 0 aromatic heterocycles. The van der Waals surface area contributed by atoms with Gasteiger partial charge in [-0.2, -0.15) is 0 Å². The molecule has 18 heavy (non-hydrogen) atoms. The first kappa shape index (κ1) is 13.5. The van der Waals surface area contributed by atoms with Crippen LogP contribution < -0.4 is 0 Å². The highest BCUT2D eigenvalue weighted by molar-refractivity contribution is 5.18. The van der Waals surface area contributed by atoms with Crippen LogP contribution >= 0.6 is 0 Å². The maximum Gasteiger partial charge on any atom is 0.123 e. The lowest BCUT2D eigenvalue weighted by Crippen LogP contribution is -2.47. The van der Waals surface area contributed by atoms with Gasteiger partial charge in [-0.1, -0.05) is 19.1 Å². The van der Waals surface area contributed by atoms with Crippen molar-refractivity contribution in [1.29, 1.82) is 0 Å². The molecule has 3 nitrogen and oxygen atoms in total. The van der Waals surface area contributed by atoms with Gasteiger partial charge in [-0.05, 0) is 24.2 Å². The summed E-state index contributed by atoms with van der Waals surface area (Å²) >= 11 is 0. The van der Waals surface area contributed by atoms with Crippen molar-refractivity contribution in [3.8, 4) is 0 Å². The highest BCUT2D eigenvalue weighted by atomic mass is 19.1. The quantitative estimate of drug-likeness (QED) is 0.879. The molecule has 0 amide bonds. The van der Waals surface area contributed by atoms with Gasteiger partial charge in [0.1, 0.15) is 5.82 Å². The van der Waals surface area contributed by atoms with E-state index in [4.69, 9.17) is 0 Å². The van der Waals surface area contributed by atoms with E-state index in [2.05, 4.69) is 16.7 Å². The highest BCUT2D eigenvalue weighted by Gasteiger charge is 2.18. The van der Waals surface area contributed by atoms with Crippen molar-refractivity contribution in [2.75, 3.05) is 39.3 Å². The minimum absolute atomic E-state index is 0.262. The molecule has 1 fully saturated rings. The Kier molecular flexibility index (Phi) is 4.69. The first-order valence-electron chi connectivity index (χ1n) is 6.57. The SMILES string of the molecule is CCN1CCN(C[C@@H](O)c2ccc(F)cc2)CC1. The number of aliphatic hydroxyl groups is 1. The predicted octanol–water partition coefficient (Wildman–Crippen LogP) is 1.50. The minimum Gasteiger partial charge on any atom is -0.387 e. The van der Waals surface area contributed by atoms with Crippen LogP contribution in [-0.4, -0.2) is 54.2 Å². The van der Waals surface area contributed by atoms with Gasteiger partial charge < -0.3 is 10.0 Å². The number of hydrogen-bond donors (Lipinski definition) is 1. The van der Waals surface area contributed by atoms with E-state index in [9.17, 15) is 9.50 Å². The number of benzene rings is 1. The van der Waals surface area contributed by atoms with Crippen molar-refractivity contribution in [2.45, 2.75) is 13.0 Å². The third kappa shape index (κ3) is 3.51. The largest absolute Gasteiger partial charge is 0.387 e. The summed E-state index contributed by atoms with van der Waals surface area (Å²) < 4.78 is 12.8. The van der Waals surface area contributed by atoms with Crippen LogP contribution in [0.2, 0.25) is 0 Å². The van der Waals surface area contributed by atoms with E-state index in [1.807, 2.05) is 0 Å². The molecule has 1 saturated heterocycles. The molecule has 2 rings (SSSR count). The average molecular weight is 252 g/mol. The second-order valence-corrected chi connectivity index (χ2v) is 4.80. The van der Waals surface area contributed by atoms with E-state index in [-0.39, 0.29) is 5.82 Å². The van der Waals surface area contributed by atoms with Gasteiger partial charge in [-0.15, -0.1) is 0 Å². The van der Waals surface area contributed by atoms with Gasteiger partial charge in [-0.25, -0.2) is 4.39 Å². The zero-order chi connectivity index (χ0) is 13.0. The van der Waals surface area contributed by atoms with Crippen LogP contribution in [0.5, 0.6) is 0 Å². The summed E-state index contributed by atoms with van der Waals surface area (Å²) in [6, 6.07) is 6.10. The van der Waals surface area contributed by atoms with Crippen LogP contribution in [0.25, 0.3) is 0 Å². The van der Waals surface area contributed by atoms with Crippen molar-refractivity contribution in [2.24, 2.45) is 0 Å². The standard InChI is InChI=1S/C14H21FN2O/c1-2-16-7-9-17(10-8-16)11-14(18)12-3-5-13(15)6-4-12/h3-6,14,18H,2,7-11H2,1H3/t14-/m1/s1. The first-order chi connectivity index (χ1) is 8.69. The van der Waals surface area contributed by atoms with Crippen molar-refractivity contribution >= 4 is 0 Å². The van der Waals surface area contributed by atoms with Crippen LogP contribution in [0, 0.1) is 5.82 Å². The molecule has 1 aromatic carbocycles. The van der Waals surface area contributed by atoms with Crippen molar-refractivity contribution < 1.29 is 9.50 Å². The third-order valence-corrected chi connectivity index (χ3v) is 3.60. The second kappa shape index (κ2) is 6.27. The Balaban J connectivity index is 1.84. The number of β-amino-alcohol motifs (C(OH)–C–C–N with tert-alkyl or cyclic N) is 1. The number of halogens is 1. The number of nitrogens with zero attached hydrogens (tertiary/aromatic N) is 2. The molecule has 0 bridgehead atoms. The van der Waals surface area contributed by atoms with Gasteiger partial charge in [0.05, 0.1) is 6.10 Å². The zero-order valence-corrected chi connectivity index (χ0v) is 10.8. The molecule has 1 N–H and O–H groups in total. The molecule has 100 valence electrons. The first-order valence-corrected chi connectivity index (χ1v) is 6.57. The fraction of sp³-hybridized carbons (Fsp3) is 0.571. The summed E-state index contributed by atoms with van der Waals surface area (Å²) in [6.07, 6.45) is -0.529. The minimum atomic E-state index is -0.529. The number of likely N-dealkylation sites (N-methyl/N-ethyl adjacent to an activating group) is 1. The zero-order valence-electron chi connectivity index (χ0n) is 10.8. The van der Waals surface area contributed by atoms with Gasteiger partial charge in [-0.3, -0.25) is 4.90 Å². The summed E-state index contributed by atoms with van der Waals surface area (Å²) in [5.74, 6) is -0.262. The van der Waals surface area contributed by atoms with Crippen LogP contribution in [0.15, 0.2) is 24.3 Å². The van der Waals surface area contributed by atoms with E-state index in [1.54, 1.807) is 12.1 Å². The average Bonchev–Trinajstić information content (AvgIpc) is 2.40. The number of hydrogen-bond acceptors (Lipinski definition) is 3. The molecule has 0 radical (unpaired) electrons. The normalized spacial score (nSPS) is 19.9. The Morgan fingerprint density at radius 1 is 1.11 bits per heavy atom. The molecule has 4 heteroatoms. The predicted molar refractivity (Wildman–Crippen MR) is 69.9 cm³/mol. The van der Waals surface area contributed by atoms with Crippen LogP contribution in [0.4, 0.5) is 4.39 Å². The van der Waals surface area contributed by atoms with Gasteiger partial charge in [0.25, 0.3) is 0 Å². The van der Waals surface area contributed by atoms with E-state index >= 15 is 0 Å². The summed E-state index contributed by atoms with van der Waals surface area (Å²) in [6.45, 7) is 8.00. The van der Waals surface area contributed by atoms with E-state index < -0.39 is 6.10 Å². The molecular formula is C14H21FN2O. The lowest BCUT2D eigenvalue weighted by Gasteiger charge is -2.35. The topological polar surface area (TPSA) is 26.7 Å². The number of rotatable bonds is 4. The molecule has 0 unspecified atom stereocenters. The number of piperazine rings is 1. The maximum atomic E-state index is 12.8. The molecule has 1 heterocycles. The summed E-state index contributed by atoms with van der Waals surface area (Å²) in [4.78, 5) is 4.67. The highest BCUT2D eigenvalue weighted by Crippen LogP contribution is 2.15. The lowest BCUT2D eigenvalue weighted by atomic mass is 10.1. The molecule has 1 aliphatic heterocycles. The Labute approximate surface area is 108 Å². The lowest BCUT2D eigenvalue weighted by molar-refractivity contribution is 0.0744. The van der Waals surface area contributed by atoms with Crippen LogP contribution in [0.3, 0.4) is 0 Å². The molecular weight excluding hydrogens is 231 g/mol. The van der Waals surface area contributed by atoms with Crippen molar-refractivity contribution in [1.82, 2.24) is 9.80 Å². The van der Waals surface area contributed by atoms with Crippen molar-refractivity contribution in [3.05, 3.63) is 35.6 Å². The Bertz CT molecular complexity index is 361. The fourth-order valence-corrected chi connectivity index (χ4v) is 2.32. The smallest absolute Gasteiger partial charge is 0.123 e. The summed E-state index contributed by atoms with van der Waals surface area (Å²) in [5, 5.41) is 10.1. The van der Waals surface area contributed by atoms with E-state index in [0.717, 1.165) is 38.3 Å².